The van der Waals surface area contributed by atoms with Crippen molar-refractivity contribution >= 4 is 5.97 Å². The molecule has 0 amide bonds. The zero-order valence-corrected chi connectivity index (χ0v) is 7.84. The highest BCUT2D eigenvalue weighted by Crippen LogP contribution is 2.15. The Morgan fingerprint density at radius 1 is 1.57 bits per heavy atom. The minimum atomic E-state index is -1.09. The molecule has 0 saturated carbocycles. The zero-order chi connectivity index (χ0) is 10.8. The van der Waals surface area contributed by atoms with Crippen LogP contribution in [-0.2, 0) is 4.79 Å². The topological polar surface area (TPSA) is 83.5 Å². The molecule has 0 saturated heterocycles. The third-order valence-corrected chi connectivity index (χ3v) is 1.96. The Hall–Kier alpha value is -1.39. The molecule has 14 heavy (non-hydrogen) atoms. The van der Waals surface area contributed by atoms with E-state index >= 15 is 0 Å². The summed E-state index contributed by atoms with van der Waals surface area (Å²) in [6, 6.07) is -1.05. The van der Waals surface area contributed by atoms with Crippen LogP contribution in [-0.4, -0.2) is 27.8 Å². The van der Waals surface area contributed by atoms with Crippen LogP contribution in [0.4, 0.5) is 0 Å². The maximum atomic E-state index is 10.6. The first-order valence-corrected chi connectivity index (χ1v) is 4.22. The summed E-state index contributed by atoms with van der Waals surface area (Å²) in [5.74, 6) is -1.09. The smallest absolute Gasteiger partial charge is 0.325 e. The summed E-state index contributed by atoms with van der Waals surface area (Å²) in [5, 5.41) is 18.3. The summed E-state index contributed by atoms with van der Waals surface area (Å²) in [5.41, 5.74) is 4.83. The van der Waals surface area contributed by atoms with Gasteiger partial charge in [-0.2, -0.15) is 0 Å². The maximum Gasteiger partial charge on any atom is 0.325 e. The number of hydrogen-bond donors (Lipinski definition) is 3. The lowest BCUT2D eigenvalue weighted by Gasteiger charge is -2.11. The van der Waals surface area contributed by atoms with E-state index in [2.05, 4.69) is 0 Å². The van der Waals surface area contributed by atoms with Crippen molar-refractivity contribution in [1.29, 1.82) is 0 Å². The van der Waals surface area contributed by atoms with E-state index in [-0.39, 0.29) is 0 Å². The Morgan fingerprint density at radius 3 is 2.79 bits per heavy atom. The summed E-state index contributed by atoms with van der Waals surface area (Å²) in [6.45, 7) is 1.60. The van der Waals surface area contributed by atoms with Crippen molar-refractivity contribution in [3.8, 4) is 0 Å². The number of carboxylic acid groups (broad SMARTS) is 1. The van der Waals surface area contributed by atoms with Gasteiger partial charge in [0.05, 0.1) is 5.60 Å². The first-order valence-electron chi connectivity index (χ1n) is 4.22. The molecule has 0 aromatic heterocycles. The van der Waals surface area contributed by atoms with Crippen molar-refractivity contribution in [3.63, 3.8) is 0 Å². The molecule has 0 aromatic carbocycles. The number of nitrogens with two attached hydrogens (primary N) is 1. The van der Waals surface area contributed by atoms with Crippen molar-refractivity contribution in [2.24, 2.45) is 5.73 Å². The molecule has 2 unspecified atom stereocenters. The zero-order valence-electron chi connectivity index (χ0n) is 7.84. The Morgan fingerprint density at radius 2 is 2.21 bits per heavy atom. The molecule has 0 spiro atoms. The van der Waals surface area contributed by atoms with Crippen molar-refractivity contribution in [2.75, 3.05) is 0 Å². The first kappa shape index (κ1) is 10.7. The molecule has 0 aromatic rings. The van der Waals surface area contributed by atoms with Gasteiger partial charge in [-0.1, -0.05) is 18.2 Å². The molecule has 1 aliphatic carbocycles. The van der Waals surface area contributed by atoms with E-state index in [0.717, 1.165) is 0 Å². The van der Waals surface area contributed by atoms with Gasteiger partial charge in [-0.15, -0.1) is 0 Å². The molecule has 4 N–H and O–H groups in total. The molecular weight excluding hydrogens is 182 g/mol. The van der Waals surface area contributed by atoms with E-state index in [9.17, 15) is 9.90 Å². The van der Waals surface area contributed by atoms with Gasteiger partial charge in [0.15, 0.2) is 0 Å². The van der Waals surface area contributed by atoms with Gasteiger partial charge in [0, 0.05) is 0 Å². The molecule has 1 rings (SSSR count). The SMILES string of the molecule is CC1(O)C=CC=C(C(N)C(=O)O)C=C1. The molecule has 4 heteroatoms. The molecule has 0 heterocycles. The van der Waals surface area contributed by atoms with Gasteiger partial charge in [-0.05, 0) is 24.6 Å². The van der Waals surface area contributed by atoms with E-state index < -0.39 is 17.6 Å². The quantitative estimate of drug-likeness (QED) is 0.587. The normalized spacial score (nSPS) is 28.1. The number of allylic oxidation sites excluding steroid dienone is 2. The van der Waals surface area contributed by atoms with E-state index in [4.69, 9.17) is 10.8 Å². The van der Waals surface area contributed by atoms with Crippen LogP contribution in [0.2, 0.25) is 0 Å². The number of carbonyl (C=O) groups is 1. The molecule has 76 valence electrons. The molecule has 0 fully saturated rings. The highest BCUT2D eigenvalue weighted by molar-refractivity contribution is 5.78. The van der Waals surface area contributed by atoms with E-state index in [1.165, 1.54) is 12.2 Å². The summed E-state index contributed by atoms with van der Waals surface area (Å²) in [4.78, 5) is 10.6. The summed E-state index contributed by atoms with van der Waals surface area (Å²) >= 11 is 0. The maximum absolute atomic E-state index is 10.6. The minimum Gasteiger partial charge on any atom is -0.480 e. The predicted octanol–water partition coefficient (Wildman–Crippen LogP) is 0.202. The second kappa shape index (κ2) is 3.77. The van der Waals surface area contributed by atoms with Crippen LogP contribution >= 0.6 is 0 Å². The Kier molecular flexibility index (Phi) is 2.88. The van der Waals surface area contributed by atoms with Crippen LogP contribution < -0.4 is 5.73 Å². The first-order chi connectivity index (χ1) is 6.42. The van der Waals surface area contributed by atoms with Crippen LogP contribution in [0.5, 0.6) is 0 Å². The number of hydrogen-bond acceptors (Lipinski definition) is 3. The average molecular weight is 195 g/mol. The Labute approximate surface area is 82.0 Å². The third kappa shape index (κ3) is 2.55. The van der Waals surface area contributed by atoms with Crippen LogP contribution in [0.3, 0.4) is 0 Å². The fraction of sp³-hybridized carbons (Fsp3) is 0.300. The lowest BCUT2D eigenvalue weighted by atomic mass is 10.0. The fourth-order valence-corrected chi connectivity index (χ4v) is 1.08. The largest absolute Gasteiger partial charge is 0.480 e. The Bertz CT molecular complexity index is 326. The van der Waals surface area contributed by atoms with E-state index in [1.807, 2.05) is 0 Å². The number of aliphatic carboxylic acids is 1. The second-order valence-corrected chi connectivity index (χ2v) is 3.40. The lowest BCUT2D eigenvalue weighted by molar-refractivity contribution is -0.137. The molecule has 0 aliphatic heterocycles. The van der Waals surface area contributed by atoms with Gasteiger partial charge in [0.25, 0.3) is 0 Å². The number of aliphatic hydroxyl groups is 1. The van der Waals surface area contributed by atoms with Crippen LogP contribution in [0.1, 0.15) is 6.92 Å². The van der Waals surface area contributed by atoms with Gasteiger partial charge >= 0.3 is 5.97 Å². The molecular formula is C10H13NO3. The monoisotopic (exact) mass is 195 g/mol. The molecule has 4 nitrogen and oxygen atoms in total. The van der Waals surface area contributed by atoms with Crippen LogP contribution in [0, 0.1) is 0 Å². The van der Waals surface area contributed by atoms with Gasteiger partial charge < -0.3 is 15.9 Å². The third-order valence-electron chi connectivity index (χ3n) is 1.96. The average Bonchev–Trinajstić information content (AvgIpc) is 2.25. The van der Waals surface area contributed by atoms with Gasteiger partial charge in [0.1, 0.15) is 6.04 Å². The molecule has 2 atom stereocenters. The minimum absolute atomic E-state index is 0.464. The summed E-state index contributed by atoms with van der Waals surface area (Å²) in [7, 11) is 0. The van der Waals surface area contributed by atoms with E-state index in [0.29, 0.717) is 5.57 Å². The van der Waals surface area contributed by atoms with Crippen molar-refractivity contribution in [1.82, 2.24) is 0 Å². The fourth-order valence-electron chi connectivity index (χ4n) is 1.08. The van der Waals surface area contributed by atoms with Crippen molar-refractivity contribution in [3.05, 3.63) is 36.0 Å². The van der Waals surface area contributed by atoms with Gasteiger partial charge in [-0.3, -0.25) is 4.79 Å². The molecule has 1 aliphatic rings. The lowest BCUT2D eigenvalue weighted by Crippen LogP contribution is -2.31. The number of carboxylic acids is 1. The summed E-state index contributed by atoms with van der Waals surface area (Å²) < 4.78 is 0. The highest BCUT2D eigenvalue weighted by Gasteiger charge is 2.18. The van der Waals surface area contributed by atoms with Crippen LogP contribution in [0.25, 0.3) is 0 Å². The molecule has 0 bridgehead atoms. The highest BCUT2D eigenvalue weighted by atomic mass is 16.4. The second-order valence-electron chi connectivity index (χ2n) is 3.40. The predicted molar refractivity (Wildman–Crippen MR) is 52.6 cm³/mol. The molecule has 0 radical (unpaired) electrons. The van der Waals surface area contributed by atoms with Crippen LogP contribution in [0.15, 0.2) is 36.0 Å². The Balaban J connectivity index is 2.90. The standard InChI is InChI=1S/C10H13NO3/c1-10(14)5-2-3-7(4-6-10)8(11)9(12)13/h2-6,8,14H,11H2,1H3,(H,12,13). The summed E-state index contributed by atoms with van der Waals surface area (Å²) in [6.07, 6.45) is 7.77. The number of rotatable bonds is 2. The van der Waals surface area contributed by atoms with Gasteiger partial charge in [0.2, 0.25) is 0 Å². The van der Waals surface area contributed by atoms with Crippen molar-refractivity contribution in [2.45, 2.75) is 18.6 Å². The van der Waals surface area contributed by atoms with Crippen molar-refractivity contribution < 1.29 is 15.0 Å². The van der Waals surface area contributed by atoms with E-state index in [1.54, 1.807) is 25.2 Å². The van der Waals surface area contributed by atoms with Gasteiger partial charge in [-0.25, -0.2) is 0 Å².